The minimum absolute atomic E-state index is 0.107. The highest BCUT2D eigenvalue weighted by atomic mass is 35.5. The largest absolute Gasteiger partial charge is 0.443 e. The van der Waals surface area contributed by atoms with Gasteiger partial charge in [-0.15, -0.1) is 11.3 Å². The maximum Gasteiger partial charge on any atom is 0.236 e. The third kappa shape index (κ3) is 3.72. The van der Waals surface area contributed by atoms with Crippen LogP contribution in [0.3, 0.4) is 0 Å². The van der Waals surface area contributed by atoms with E-state index in [1.165, 1.54) is 0 Å². The maximum absolute atomic E-state index is 11.9. The first-order chi connectivity index (χ1) is 10.7. The number of hydrogen-bond donors (Lipinski definition) is 1. The first-order valence-electron chi connectivity index (χ1n) is 6.56. The smallest absolute Gasteiger partial charge is 0.236 e. The monoisotopic (exact) mass is 333 g/mol. The van der Waals surface area contributed by atoms with E-state index >= 15 is 0 Å². The molecule has 0 bridgehead atoms. The van der Waals surface area contributed by atoms with Gasteiger partial charge >= 0.3 is 0 Å². The van der Waals surface area contributed by atoms with Crippen LogP contribution >= 0.6 is 22.9 Å². The van der Waals surface area contributed by atoms with Crippen LogP contribution in [0.5, 0.6) is 0 Å². The Balaban J connectivity index is 1.54. The molecule has 0 fully saturated rings. The summed E-state index contributed by atoms with van der Waals surface area (Å²) >= 11 is 7.26. The van der Waals surface area contributed by atoms with Crippen molar-refractivity contribution >= 4 is 28.8 Å². The van der Waals surface area contributed by atoms with Gasteiger partial charge in [0.2, 0.25) is 11.8 Å². The number of nitrogens with zero attached hydrogens (tertiary/aromatic N) is 2. The van der Waals surface area contributed by atoms with Crippen LogP contribution in [0.2, 0.25) is 5.15 Å². The number of oxazole rings is 1. The Labute approximate surface area is 136 Å². The van der Waals surface area contributed by atoms with Crippen molar-refractivity contribution in [3.05, 3.63) is 58.5 Å². The number of aromatic nitrogens is 2. The van der Waals surface area contributed by atoms with Gasteiger partial charge in [-0.3, -0.25) is 4.79 Å². The molecule has 112 valence electrons. The first kappa shape index (κ1) is 14.7. The van der Waals surface area contributed by atoms with Gasteiger partial charge in [0.1, 0.15) is 11.4 Å². The van der Waals surface area contributed by atoms with Crippen LogP contribution in [0.4, 0.5) is 0 Å². The molecule has 3 heterocycles. The van der Waals surface area contributed by atoms with Gasteiger partial charge in [-0.1, -0.05) is 23.7 Å². The second kappa shape index (κ2) is 6.72. The van der Waals surface area contributed by atoms with E-state index in [9.17, 15) is 4.79 Å². The minimum atomic E-state index is -0.107. The molecule has 5 nitrogen and oxygen atoms in total. The third-order valence-electron chi connectivity index (χ3n) is 2.90. The standard InChI is InChI=1S/C15H12ClN3O2S/c16-13-4-3-10(7-17-13)6-14(20)18-8-11-9-21-15(19-11)12-2-1-5-22-12/h1-5,7,9H,6,8H2,(H,18,20). The van der Waals surface area contributed by atoms with Gasteiger partial charge in [-0.25, -0.2) is 9.97 Å². The molecule has 7 heteroatoms. The fraction of sp³-hybridized carbons (Fsp3) is 0.133. The maximum atomic E-state index is 11.9. The summed E-state index contributed by atoms with van der Waals surface area (Å²) < 4.78 is 5.40. The van der Waals surface area contributed by atoms with E-state index in [0.29, 0.717) is 23.3 Å². The molecule has 3 rings (SSSR count). The Bertz CT molecular complexity index is 753. The van der Waals surface area contributed by atoms with Crippen molar-refractivity contribution < 1.29 is 9.21 Å². The minimum Gasteiger partial charge on any atom is -0.443 e. The van der Waals surface area contributed by atoms with Crippen molar-refractivity contribution in [2.45, 2.75) is 13.0 Å². The fourth-order valence-corrected chi connectivity index (χ4v) is 2.62. The Morgan fingerprint density at radius 2 is 2.27 bits per heavy atom. The summed E-state index contributed by atoms with van der Waals surface area (Å²) in [4.78, 5) is 21.1. The lowest BCUT2D eigenvalue weighted by molar-refractivity contribution is -0.120. The SMILES string of the molecule is O=C(Cc1ccc(Cl)nc1)NCc1coc(-c2cccs2)n1. The van der Waals surface area contributed by atoms with E-state index in [0.717, 1.165) is 10.4 Å². The van der Waals surface area contributed by atoms with Crippen molar-refractivity contribution in [1.29, 1.82) is 0 Å². The van der Waals surface area contributed by atoms with Crippen LogP contribution in [-0.2, 0) is 17.8 Å². The topological polar surface area (TPSA) is 68.0 Å². The lowest BCUT2D eigenvalue weighted by atomic mass is 10.2. The Hall–Kier alpha value is -2.18. The van der Waals surface area contributed by atoms with E-state index in [4.69, 9.17) is 16.0 Å². The molecule has 0 aliphatic heterocycles. The molecule has 0 aliphatic carbocycles. The summed E-state index contributed by atoms with van der Waals surface area (Å²) in [6.45, 7) is 0.328. The van der Waals surface area contributed by atoms with Crippen molar-refractivity contribution in [2.75, 3.05) is 0 Å². The first-order valence-corrected chi connectivity index (χ1v) is 7.82. The number of nitrogens with one attached hydrogen (secondary N) is 1. The number of thiophene rings is 1. The van der Waals surface area contributed by atoms with Crippen molar-refractivity contribution in [3.8, 4) is 10.8 Å². The second-order valence-corrected chi connectivity index (χ2v) is 5.90. The van der Waals surface area contributed by atoms with Gasteiger partial charge in [0, 0.05) is 6.20 Å². The van der Waals surface area contributed by atoms with E-state index in [1.807, 2.05) is 17.5 Å². The normalized spacial score (nSPS) is 10.6. The molecule has 3 aromatic heterocycles. The zero-order chi connectivity index (χ0) is 15.4. The Kier molecular flexibility index (Phi) is 4.50. The molecule has 22 heavy (non-hydrogen) atoms. The fourth-order valence-electron chi connectivity index (χ4n) is 1.85. The summed E-state index contributed by atoms with van der Waals surface area (Å²) in [5.74, 6) is 0.464. The highest BCUT2D eigenvalue weighted by Gasteiger charge is 2.09. The summed E-state index contributed by atoms with van der Waals surface area (Å²) in [7, 11) is 0. The van der Waals surface area contributed by atoms with Crippen molar-refractivity contribution in [3.63, 3.8) is 0 Å². The summed E-state index contributed by atoms with van der Waals surface area (Å²) in [6, 6.07) is 7.31. The van der Waals surface area contributed by atoms with Gasteiger partial charge in [0.25, 0.3) is 0 Å². The van der Waals surface area contributed by atoms with E-state index in [2.05, 4.69) is 15.3 Å². The molecule has 0 spiro atoms. The van der Waals surface area contributed by atoms with Gasteiger partial charge in [-0.05, 0) is 23.1 Å². The van der Waals surface area contributed by atoms with Gasteiger partial charge in [0.15, 0.2) is 0 Å². The zero-order valence-electron chi connectivity index (χ0n) is 11.5. The molecule has 0 aromatic carbocycles. The molecule has 3 aromatic rings. The Morgan fingerprint density at radius 1 is 1.36 bits per heavy atom. The van der Waals surface area contributed by atoms with Gasteiger partial charge in [-0.2, -0.15) is 0 Å². The third-order valence-corrected chi connectivity index (χ3v) is 3.99. The van der Waals surface area contributed by atoms with E-state index < -0.39 is 0 Å². The number of carbonyl (C=O) groups excluding carboxylic acids is 1. The predicted molar refractivity (Wildman–Crippen MR) is 84.6 cm³/mol. The molecule has 1 amide bonds. The number of amides is 1. The second-order valence-electron chi connectivity index (χ2n) is 4.56. The van der Waals surface area contributed by atoms with E-state index in [-0.39, 0.29) is 12.3 Å². The molecule has 0 aliphatic rings. The van der Waals surface area contributed by atoms with Crippen molar-refractivity contribution in [1.82, 2.24) is 15.3 Å². The van der Waals surface area contributed by atoms with Gasteiger partial charge in [0.05, 0.1) is 23.5 Å². The number of halogens is 1. The Morgan fingerprint density at radius 3 is 3.00 bits per heavy atom. The molecule has 0 unspecified atom stereocenters. The molecule has 0 radical (unpaired) electrons. The molecule has 1 N–H and O–H groups in total. The summed E-state index contributed by atoms with van der Waals surface area (Å²) in [5.41, 5.74) is 1.49. The predicted octanol–water partition coefficient (Wildman–Crippen LogP) is 3.31. The van der Waals surface area contributed by atoms with Crippen LogP contribution in [0.25, 0.3) is 10.8 Å². The average Bonchev–Trinajstić information content (AvgIpc) is 3.18. The zero-order valence-corrected chi connectivity index (χ0v) is 13.0. The van der Waals surface area contributed by atoms with E-state index in [1.54, 1.807) is 35.9 Å². The van der Waals surface area contributed by atoms with Crippen LogP contribution in [0.1, 0.15) is 11.3 Å². The van der Waals surface area contributed by atoms with Crippen LogP contribution in [-0.4, -0.2) is 15.9 Å². The highest BCUT2D eigenvalue weighted by molar-refractivity contribution is 7.13. The molecule has 0 atom stereocenters. The molecule has 0 saturated carbocycles. The lowest BCUT2D eigenvalue weighted by Crippen LogP contribution is -2.24. The van der Waals surface area contributed by atoms with Crippen LogP contribution in [0, 0.1) is 0 Å². The molecule has 0 saturated heterocycles. The molecular weight excluding hydrogens is 322 g/mol. The number of carbonyl (C=O) groups is 1. The highest BCUT2D eigenvalue weighted by Crippen LogP contribution is 2.23. The average molecular weight is 334 g/mol. The van der Waals surface area contributed by atoms with Crippen LogP contribution < -0.4 is 5.32 Å². The number of rotatable bonds is 5. The summed E-state index contributed by atoms with van der Waals surface area (Å²) in [5, 5.41) is 5.17. The van der Waals surface area contributed by atoms with Crippen molar-refractivity contribution in [2.24, 2.45) is 0 Å². The number of hydrogen-bond acceptors (Lipinski definition) is 5. The summed E-state index contributed by atoms with van der Waals surface area (Å²) in [6.07, 6.45) is 3.39. The van der Waals surface area contributed by atoms with Gasteiger partial charge < -0.3 is 9.73 Å². The lowest BCUT2D eigenvalue weighted by Gasteiger charge is -2.03. The number of pyridine rings is 1. The quantitative estimate of drug-likeness (QED) is 0.727. The molecular formula is C15H12ClN3O2S. The van der Waals surface area contributed by atoms with Crippen LogP contribution in [0.15, 0.2) is 46.5 Å².